The maximum absolute atomic E-state index is 13.6. The number of halogens is 1. The monoisotopic (exact) mass is 243 g/mol. The zero-order chi connectivity index (χ0) is 13.1. The van der Waals surface area contributed by atoms with Crippen molar-refractivity contribution in [2.45, 2.75) is 19.9 Å². The molecule has 0 bridgehead atoms. The van der Waals surface area contributed by atoms with E-state index in [1.54, 1.807) is 6.07 Å². The molecule has 0 aromatic heterocycles. The quantitative estimate of drug-likeness (QED) is 0.856. The summed E-state index contributed by atoms with van der Waals surface area (Å²) >= 11 is 0. The zero-order valence-corrected chi connectivity index (χ0v) is 11.0. The van der Waals surface area contributed by atoms with Gasteiger partial charge in [0.25, 0.3) is 0 Å². The SMILES string of the molecule is CNC(C)c1cccc(-c2cccc(F)c2C)c1. The van der Waals surface area contributed by atoms with Crippen LogP contribution in [0.3, 0.4) is 0 Å². The van der Waals surface area contributed by atoms with Gasteiger partial charge in [0.1, 0.15) is 5.82 Å². The molecule has 0 radical (unpaired) electrons. The van der Waals surface area contributed by atoms with Crippen LogP contribution in [0.4, 0.5) is 4.39 Å². The Morgan fingerprint density at radius 2 is 1.83 bits per heavy atom. The van der Waals surface area contributed by atoms with Crippen LogP contribution in [0.5, 0.6) is 0 Å². The fraction of sp³-hybridized carbons (Fsp3) is 0.250. The van der Waals surface area contributed by atoms with Gasteiger partial charge < -0.3 is 5.32 Å². The second-order valence-electron chi connectivity index (χ2n) is 4.55. The van der Waals surface area contributed by atoms with Crippen molar-refractivity contribution in [1.82, 2.24) is 5.32 Å². The van der Waals surface area contributed by atoms with Crippen molar-refractivity contribution in [3.8, 4) is 11.1 Å². The Labute approximate surface area is 108 Å². The van der Waals surface area contributed by atoms with Gasteiger partial charge in [0.15, 0.2) is 0 Å². The van der Waals surface area contributed by atoms with Crippen LogP contribution in [0.2, 0.25) is 0 Å². The van der Waals surface area contributed by atoms with Crippen molar-refractivity contribution in [1.29, 1.82) is 0 Å². The van der Waals surface area contributed by atoms with E-state index < -0.39 is 0 Å². The number of rotatable bonds is 3. The molecule has 1 atom stereocenters. The van der Waals surface area contributed by atoms with E-state index >= 15 is 0 Å². The number of benzene rings is 2. The summed E-state index contributed by atoms with van der Waals surface area (Å²) in [6, 6.07) is 13.7. The Balaban J connectivity index is 2.48. The predicted octanol–water partition coefficient (Wildman–Crippen LogP) is 4.08. The first-order valence-electron chi connectivity index (χ1n) is 6.16. The molecule has 1 unspecified atom stereocenters. The van der Waals surface area contributed by atoms with Crippen molar-refractivity contribution < 1.29 is 4.39 Å². The van der Waals surface area contributed by atoms with Gasteiger partial charge in [-0.05, 0) is 55.3 Å². The highest BCUT2D eigenvalue weighted by Gasteiger charge is 2.08. The van der Waals surface area contributed by atoms with E-state index in [0.29, 0.717) is 11.6 Å². The highest BCUT2D eigenvalue weighted by Crippen LogP contribution is 2.27. The minimum Gasteiger partial charge on any atom is -0.313 e. The molecule has 2 heteroatoms. The summed E-state index contributed by atoms with van der Waals surface area (Å²) in [5, 5.41) is 3.21. The molecule has 0 spiro atoms. The van der Waals surface area contributed by atoms with Gasteiger partial charge in [-0.15, -0.1) is 0 Å². The van der Waals surface area contributed by atoms with Gasteiger partial charge in [0, 0.05) is 6.04 Å². The van der Waals surface area contributed by atoms with Crippen LogP contribution >= 0.6 is 0 Å². The third-order valence-electron chi connectivity index (χ3n) is 3.40. The molecular formula is C16H18FN. The first-order chi connectivity index (χ1) is 8.63. The lowest BCUT2D eigenvalue weighted by atomic mass is 9.97. The van der Waals surface area contributed by atoms with Crippen molar-refractivity contribution in [2.75, 3.05) is 7.05 Å². The molecule has 0 heterocycles. The molecule has 0 amide bonds. The topological polar surface area (TPSA) is 12.0 Å². The summed E-state index contributed by atoms with van der Waals surface area (Å²) < 4.78 is 13.6. The molecule has 1 nitrogen and oxygen atoms in total. The molecule has 0 aliphatic carbocycles. The first-order valence-corrected chi connectivity index (χ1v) is 6.16. The van der Waals surface area contributed by atoms with E-state index in [4.69, 9.17) is 0 Å². The molecule has 2 aromatic carbocycles. The molecule has 2 aromatic rings. The second-order valence-corrected chi connectivity index (χ2v) is 4.55. The van der Waals surface area contributed by atoms with Crippen LogP contribution in [0.25, 0.3) is 11.1 Å². The Morgan fingerprint density at radius 1 is 1.11 bits per heavy atom. The average molecular weight is 243 g/mol. The lowest BCUT2D eigenvalue weighted by Gasteiger charge is -2.13. The Kier molecular flexibility index (Phi) is 3.78. The van der Waals surface area contributed by atoms with Gasteiger partial charge in [-0.25, -0.2) is 4.39 Å². The van der Waals surface area contributed by atoms with Gasteiger partial charge in [0.05, 0.1) is 0 Å². The minimum absolute atomic E-state index is 0.153. The van der Waals surface area contributed by atoms with E-state index in [0.717, 1.165) is 11.1 Å². The summed E-state index contributed by atoms with van der Waals surface area (Å²) in [6.45, 7) is 3.93. The Hall–Kier alpha value is -1.67. The zero-order valence-electron chi connectivity index (χ0n) is 11.0. The predicted molar refractivity (Wildman–Crippen MR) is 74.0 cm³/mol. The number of nitrogens with one attached hydrogen (secondary N) is 1. The third-order valence-corrected chi connectivity index (χ3v) is 3.40. The number of hydrogen-bond acceptors (Lipinski definition) is 1. The Bertz CT molecular complexity index is 549. The molecular weight excluding hydrogens is 225 g/mol. The van der Waals surface area contributed by atoms with Crippen LogP contribution in [-0.2, 0) is 0 Å². The largest absolute Gasteiger partial charge is 0.313 e. The van der Waals surface area contributed by atoms with Crippen molar-refractivity contribution >= 4 is 0 Å². The third kappa shape index (κ3) is 2.44. The standard InChI is InChI=1S/C16H18FN/c1-11-15(8-5-9-16(11)17)14-7-4-6-13(10-14)12(2)18-3/h4-10,12,18H,1-3H3. The van der Waals surface area contributed by atoms with E-state index in [1.165, 1.54) is 11.6 Å². The lowest BCUT2D eigenvalue weighted by molar-refractivity contribution is 0.619. The van der Waals surface area contributed by atoms with Gasteiger partial charge in [-0.3, -0.25) is 0 Å². The van der Waals surface area contributed by atoms with Crippen molar-refractivity contribution in [2.24, 2.45) is 0 Å². The first kappa shape index (κ1) is 12.8. The second kappa shape index (κ2) is 5.32. The molecule has 0 aliphatic heterocycles. The normalized spacial score (nSPS) is 12.4. The molecule has 94 valence electrons. The molecule has 1 N–H and O–H groups in total. The van der Waals surface area contributed by atoms with Crippen LogP contribution in [0.15, 0.2) is 42.5 Å². The summed E-state index contributed by atoms with van der Waals surface area (Å²) in [5.41, 5.74) is 3.93. The van der Waals surface area contributed by atoms with Crippen LogP contribution in [-0.4, -0.2) is 7.05 Å². The average Bonchev–Trinajstić information content (AvgIpc) is 2.41. The molecule has 0 aliphatic rings. The minimum atomic E-state index is -0.153. The van der Waals surface area contributed by atoms with Gasteiger partial charge in [-0.2, -0.15) is 0 Å². The van der Waals surface area contributed by atoms with Gasteiger partial charge in [-0.1, -0.05) is 30.3 Å². The Morgan fingerprint density at radius 3 is 2.56 bits per heavy atom. The molecule has 18 heavy (non-hydrogen) atoms. The maximum atomic E-state index is 13.6. The van der Waals surface area contributed by atoms with E-state index in [2.05, 4.69) is 24.4 Å². The van der Waals surface area contributed by atoms with E-state index in [1.807, 2.05) is 32.2 Å². The van der Waals surface area contributed by atoms with Crippen LogP contribution in [0.1, 0.15) is 24.1 Å². The van der Waals surface area contributed by atoms with Gasteiger partial charge >= 0.3 is 0 Å². The number of hydrogen-bond donors (Lipinski definition) is 1. The van der Waals surface area contributed by atoms with E-state index in [9.17, 15) is 4.39 Å². The highest BCUT2D eigenvalue weighted by molar-refractivity contribution is 5.68. The van der Waals surface area contributed by atoms with E-state index in [-0.39, 0.29) is 5.82 Å². The summed E-state index contributed by atoms with van der Waals surface area (Å²) in [4.78, 5) is 0. The summed E-state index contributed by atoms with van der Waals surface area (Å²) in [6.07, 6.45) is 0. The van der Waals surface area contributed by atoms with Crippen molar-refractivity contribution in [3.05, 3.63) is 59.4 Å². The van der Waals surface area contributed by atoms with Crippen LogP contribution in [0, 0.1) is 12.7 Å². The fourth-order valence-corrected chi connectivity index (χ4v) is 2.06. The summed E-state index contributed by atoms with van der Waals surface area (Å²) in [5.74, 6) is -0.153. The molecule has 0 saturated carbocycles. The fourth-order valence-electron chi connectivity index (χ4n) is 2.06. The summed E-state index contributed by atoms with van der Waals surface area (Å²) in [7, 11) is 1.94. The maximum Gasteiger partial charge on any atom is 0.126 e. The highest BCUT2D eigenvalue weighted by atomic mass is 19.1. The van der Waals surface area contributed by atoms with Crippen molar-refractivity contribution in [3.63, 3.8) is 0 Å². The molecule has 0 saturated heterocycles. The molecule has 0 fully saturated rings. The van der Waals surface area contributed by atoms with Gasteiger partial charge in [0.2, 0.25) is 0 Å². The van der Waals surface area contributed by atoms with Crippen LogP contribution < -0.4 is 5.32 Å². The smallest absolute Gasteiger partial charge is 0.126 e. The molecule has 2 rings (SSSR count). The lowest BCUT2D eigenvalue weighted by Crippen LogP contribution is -2.12.